The lowest BCUT2D eigenvalue weighted by Gasteiger charge is -2.28. The first kappa shape index (κ1) is 34.8. The van der Waals surface area contributed by atoms with E-state index in [0.29, 0.717) is 16.9 Å². The fraction of sp³-hybridized carbons (Fsp3) is 0.233. The lowest BCUT2D eigenvalue weighted by molar-refractivity contribution is -0.136. The Morgan fingerprint density at radius 2 is 1.76 bits per heavy atom. The summed E-state index contributed by atoms with van der Waals surface area (Å²) in [7, 11) is -2.78. The normalized spacial score (nSPS) is 11.8. The van der Waals surface area contributed by atoms with Crippen LogP contribution in [0.15, 0.2) is 64.8 Å². The van der Waals surface area contributed by atoms with Crippen molar-refractivity contribution < 1.29 is 41.0 Å². The third kappa shape index (κ3) is 7.49. The number of nitrogens with one attached hydrogen (secondary N) is 1. The van der Waals surface area contributed by atoms with Gasteiger partial charge in [-0.25, -0.2) is 31.7 Å². The van der Waals surface area contributed by atoms with Gasteiger partial charge in [-0.3, -0.25) is 14.2 Å². The highest BCUT2D eigenvalue weighted by Gasteiger charge is 2.31. The maximum Gasteiger partial charge on any atom is 0.305 e. The summed E-state index contributed by atoms with van der Waals surface area (Å²) in [6.07, 6.45) is 1.17. The average molecular weight is 697 g/mol. The molecule has 0 unspecified atom stereocenters. The van der Waals surface area contributed by atoms with Gasteiger partial charge < -0.3 is 15.2 Å². The molecule has 0 saturated carbocycles. The standard InChI is InChI=1S/C30H28ClF3N4O6S2/c1-30(2,17-4-7-25(20(31)12-17)46(35,42)43)26-14-37-29(38(26)18-5-6-21(32)24(13-18)44-3)45-15-19-22(33)10-16(11-23(19)34)28(41)36-9-8-27(39)40/h4-7,10-14H,8-9,15H2,1-3H3,(H,36,41)(H,39,40)(H2,35,42,43). The molecule has 0 aliphatic carbocycles. The summed E-state index contributed by atoms with van der Waals surface area (Å²) in [5.41, 5.74) is -0.0684. The highest BCUT2D eigenvalue weighted by Crippen LogP contribution is 2.39. The smallest absolute Gasteiger partial charge is 0.305 e. The van der Waals surface area contributed by atoms with Crippen molar-refractivity contribution in [3.05, 3.63) is 99.6 Å². The Kier molecular flexibility index (Phi) is 10.4. The molecule has 1 amide bonds. The predicted molar refractivity (Wildman–Crippen MR) is 166 cm³/mol. The minimum atomic E-state index is -4.08. The maximum atomic E-state index is 15.1. The minimum Gasteiger partial charge on any atom is -0.494 e. The number of nitrogens with zero attached hydrogens (tertiary/aromatic N) is 2. The summed E-state index contributed by atoms with van der Waals surface area (Å²) in [6.45, 7) is 3.42. The Balaban J connectivity index is 1.73. The number of carbonyl (C=O) groups excluding carboxylic acids is 1. The van der Waals surface area contributed by atoms with E-state index in [1.165, 1.54) is 43.6 Å². The number of benzene rings is 3. The Hall–Kier alpha value is -4.05. The summed E-state index contributed by atoms with van der Waals surface area (Å²) in [5.74, 6) is -4.92. The number of methoxy groups -OCH3 is 1. The van der Waals surface area contributed by atoms with Crippen LogP contribution in [0.3, 0.4) is 0 Å². The fourth-order valence-corrected chi connectivity index (χ4v) is 6.68. The molecule has 0 radical (unpaired) electrons. The van der Waals surface area contributed by atoms with Gasteiger partial charge in [-0.05, 0) is 42.0 Å². The van der Waals surface area contributed by atoms with Crippen LogP contribution < -0.4 is 15.2 Å². The van der Waals surface area contributed by atoms with Gasteiger partial charge in [-0.1, -0.05) is 43.3 Å². The first-order valence-corrected chi connectivity index (χ1v) is 16.3. The molecule has 0 spiro atoms. The quantitative estimate of drug-likeness (QED) is 0.166. The van der Waals surface area contributed by atoms with Gasteiger partial charge in [-0.15, -0.1) is 0 Å². The van der Waals surface area contributed by atoms with E-state index in [0.717, 1.165) is 23.9 Å². The number of thioether (sulfide) groups is 1. The molecule has 16 heteroatoms. The Bertz CT molecular complexity index is 1910. The average Bonchev–Trinajstić information content (AvgIpc) is 3.40. The fourth-order valence-electron chi connectivity index (χ4n) is 4.58. The Morgan fingerprint density at radius 3 is 2.35 bits per heavy atom. The molecule has 0 aliphatic heterocycles. The number of carbonyl (C=O) groups is 2. The van der Waals surface area contributed by atoms with Crippen molar-refractivity contribution in [3.63, 3.8) is 0 Å². The molecule has 4 aromatic rings. The summed E-state index contributed by atoms with van der Waals surface area (Å²) in [6, 6.07) is 10.1. The third-order valence-electron chi connectivity index (χ3n) is 7.10. The van der Waals surface area contributed by atoms with Gasteiger partial charge in [0, 0.05) is 34.9 Å². The van der Waals surface area contributed by atoms with Crippen molar-refractivity contribution >= 4 is 45.3 Å². The van der Waals surface area contributed by atoms with E-state index < -0.39 is 44.8 Å². The molecule has 0 fully saturated rings. The van der Waals surface area contributed by atoms with Crippen LogP contribution in [0.2, 0.25) is 5.02 Å². The van der Waals surface area contributed by atoms with Gasteiger partial charge in [0.05, 0.1) is 36.1 Å². The van der Waals surface area contributed by atoms with Crippen LogP contribution in [0.1, 0.15) is 47.4 Å². The summed E-state index contributed by atoms with van der Waals surface area (Å²) < 4.78 is 75.2. The van der Waals surface area contributed by atoms with Crippen molar-refractivity contribution in [2.45, 2.75) is 41.5 Å². The number of aromatic nitrogens is 2. The van der Waals surface area contributed by atoms with E-state index >= 15 is 8.78 Å². The number of hydrogen-bond acceptors (Lipinski definition) is 7. The van der Waals surface area contributed by atoms with E-state index in [-0.39, 0.29) is 50.7 Å². The zero-order valence-corrected chi connectivity index (χ0v) is 27.0. The second-order valence-electron chi connectivity index (χ2n) is 10.5. The molecular weight excluding hydrogens is 669 g/mol. The van der Waals surface area contributed by atoms with Gasteiger partial charge in [0.25, 0.3) is 5.91 Å². The number of primary sulfonamides is 1. The molecule has 3 aromatic carbocycles. The second-order valence-corrected chi connectivity index (χ2v) is 13.4. The van der Waals surface area contributed by atoms with Crippen molar-refractivity contribution in [1.29, 1.82) is 0 Å². The topological polar surface area (TPSA) is 154 Å². The number of sulfonamides is 1. The lowest BCUT2D eigenvalue weighted by atomic mass is 9.81. The molecule has 0 aliphatic rings. The Morgan fingerprint density at radius 1 is 1.09 bits per heavy atom. The molecule has 244 valence electrons. The molecule has 46 heavy (non-hydrogen) atoms. The van der Waals surface area contributed by atoms with Gasteiger partial charge in [0.2, 0.25) is 10.0 Å². The van der Waals surface area contributed by atoms with E-state index in [1.807, 2.05) is 13.8 Å². The lowest BCUT2D eigenvalue weighted by Crippen LogP contribution is -2.26. The van der Waals surface area contributed by atoms with Crippen LogP contribution in [0.25, 0.3) is 5.69 Å². The number of ether oxygens (including phenoxy) is 1. The van der Waals surface area contributed by atoms with E-state index in [9.17, 15) is 22.4 Å². The van der Waals surface area contributed by atoms with Crippen LogP contribution in [0, 0.1) is 17.5 Å². The van der Waals surface area contributed by atoms with Gasteiger partial charge in [0.15, 0.2) is 16.7 Å². The van der Waals surface area contributed by atoms with Crippen molar-refractivity contribution in [2.24, 2.45) is 5.14 Å². The number of imidazole rings is 1. The summed E-state index contributed by atoms with van der Waals surface area (Å²) >= 11 is 7.24. The number of hydrogen-bond donors (Lipinski definition) is 3. The largest absolute Gasteiger partial charge is 0.494 e. The van der Waals surface area contributed by atoms with Crippen LogP contribution >= 0.6 is 23.4 Å². The molecule has 0 saturated heterocycles. The van der Waals surface area contributed by atoms with Crippen molar-refractivity contribution in [3.8, 4) is 11.4 Å². The third-order valence-corrected chi connectivity index (χ3v) is 9.47. The number of aliphatic carboxylic acids is 1. The van der Waals surface area contributed by atoms with E-state index in [1.54, 1.807) is 10.6 Å². The molecule has 1 heterocycles. The van der Waals surface area contributed by atoms with Gasteiger partial charge in [-0.2, -0.15) is 0 Å². The zero-order valence-electron chi connectivity index (χ0n) is 24.6. The van der Waals surface area contributed by atoms with Crippen molar-refractivity contribution in [2.75, 3.05) is 13.7 Å². The minimum absolute atomic E-state index is 0.0687. The first-order chi connectivity index (χ1) is 21.5. The molecule has 0 bridgehead atoms. The van der Waals surface area contributed by atoms with Crippen molar-refractivity contribution in [1.82, 2.24) is 14.9 Å². The van der Waals surface area contributed by atoms with Crippen LogP contribution in [0.4, 0.5) is 13.2 Å². The Labute approximate surface area is 271 Å². The highest BCUT2D eigenvalue weighted by atomic mass is 35.5. The molecule has 4 rings (SSSR count). The first-order valence-electron chi connectivity index (χ1n) is 13.4. The molecule has 4 N–H and O–H groups in total. The number of rotatable bonds is 12. The summed E-state index contributed by atoms with van der Waals surface area (Å²) in [4.78, 5) is 27.2. The number of amides is 1. The van der Waals surface area contributed by atoms with E-state index in [4.69, 9.17) is 26.6 Å². The maximum absolute atomic E-state index is 15.1. The van der Waals surface area contributed by atoms with Gasteiger partial charge >= 0.3 is 5.97 Å². The molecule has 10 nitrogen and oxygen atoms in total. The number of carboxylic acids is 1. The van der Waals surface area contributed by atoms with Crippen LogP contribution in [0.5, 0.6) is 5.75 Å². The highest BCUT2D eigenvalue weighted by molar-refractivity contribution is 7.98. The zero-order chi connectivity index (χ0) is 34.0. The summed E-state index contributed by atoms with van der Waals surface area (Å²) in [5, 5.41) is 16.4. The second kappa shape index (κ2) is 13.7. The van der Waals surface area contributed by atoms with Crippen LogP contribution in [-0.4, -0.2) is 48.6 Å². The monoisotopic (exact) mass is 696 g/mol. The van der Waals surface area contributed by atoms with Gasteiger partial charge in [0.1, 0.15) is 16.5 Å². The number of halogens is 4. The van der Waals surface area contributed by atoms with Crippen LogP contribution in [-0.2, 0) is 26.0 Å². The van der Waals surface area contributed by atoms with E-state index in [2.05, 4.69) is 10.3 Å². The SMILES string of the molecule is COc1cc(-n2c(C(C)(C)c3ccc(S(N)(=O)=O)c(Cl)c3)cnc2SCc2c(F)cc(C(=O)NCCC(=O)O)cc2F)ccc1F. The predicted octanol–water partition coefficient (Wildman–Crippen LogP) is 5.42. The molecular formula is C30H28ClF3N4O6S2. The molecule has 0 atom stereocenters. The molecule has 1 aromatic heterocycles. The number of carboxylic acid groups (broad SMARTS) is 1. The number of nitrogens with two attached hydrogens (primary N) is 1.